The summed E-state index contributed by atoms with van der Waals surface area (Å²) >= 11 is 5.56. The van der Waals surface area contributed by atoms with Gasteiger partial charge in [-0.15, -0.1) is 11.6 Å². The number of benzene rings is 1. The molecule has 3 heteroatoms. The Bertz CT molecular complexity index is 467. The second-order valence-corrected chi connectivity index (χ2v) is 5.07. The van der Waals surface area contributed by atoms with Crippen molar-refractivity contribution in [3.8, 4) is 17.6 Å². The largest absolute Gasteiger partial charge is 0.489 e. The van der Waals surface area contributed by atoms with Crippen molar-refractivity contribution in [2.75, 3.05) is 5.88 Å². The van der Waals surface area contributed by atoms with Gasteiger partial charge in [-0.1, -0.05) is 24.7 Å². The van der Waals surface area contributed by atoms with Crippen LogP contribution in [0.15, 0.2) is 18.2 Å². The van der Waals surface area contributed by atoms with E-state index in [-0.39, 0.29) is 17.8 Å². The molecule has 1 fully saturated rings. The molecule has 1 nitrogen and oxygen atoms in total. The van der Waals surface area contributed by atoms with Crippen molar-refractivity contribution in [3.05, 3.63) is 29.6 Å². The number of alkyl halides is 1. The highest BCUT2D eigenvalue weighted by atomic mass is 35.5. The summed E-state index contributed by atoms with van der Waals surface area (Å²) in [4.78, 5) is 0. The Morgan fingerprint density at radius 1 is 1.21 bits per heavy atom. The molecule has 19 heavy (non-hydrogen) atoms. The SMILES string of the molecule is Fc1ccc(C#CCCl)c(OC2CCCCCC2)c1. The highest BCUT2D eigenvalue weighted by Gasteiger charge is 2.15. The zero-order valence-corrected chi connectivity index (χ0v) is 11.7. The summed E-state index contributed by atoms with van der Waals surface area (Å²) in [6, 6.07) is 4.47. The monoisotopic (exact) mass is 280 g/mol. The second-order valence-electron chi connectivity index (χ2n) is 4.81. The predicted molar refractivity (Wildman–Crippen MR) is 76.1 cm³/mol. The van der Waals surface area contributed by atoms with Crippen LogP contribution in [0.3, 0.4) is 0 Å². The lowest BCUT2D eigenvalue weighted by atomic mass is 10.1. The van der Waals surface area contributed by atoms with Crippen LogP contribution >= 0.6 is 11.6 Å². The molecule has 0 atom stereocenters. The highest BCUT2D eigenvalue weighted by molar-refractivity contribution is 6.19. The minimum atomic E-state index is -0.292. The molecule has 1 aliphatic carbocycles. The molecule has 2 rings (SSSR count). The second kappa shape index (κ2) is 7.40. The first-order valence-corrected chi connectivity index (χ1v) is 7.34. The number of hydrogen-bond donors (Lipinski definition) is 0. The number of ether oxygens (including phenoxy) is 1. The van der Waals surface area contributed by atoms with Crippen LogP contribution in [0.25, 0.3) is 0 Å². The minimum absolute atomic E-state index is 0.181. The molecule has 0 spiro atoms. The molecule has 0 saturated heterocycles. The van der Waals surface area contributed by atoms with Crippen LogP contribution < -0.4 is 4.74 Å². The summed E-state index contributed by atoms with van der Waals surface area (Å²) in [5.41, 5.74) is 0.714. The molecule has 1 saturated carbocycles. The number of rotatable bonds is 2. The van der Waals surface area contributed by atoms with Gasteiger partial charge < -0.3 is 4.74 Å². The standard InChI is InChI=1S/C16H18ClFO/c17-11-5-6-13-9-10-14(18)12-16(13)19-15-7-3-1-2-4-8-15/h9-10,12,15H,1-4,7-8,11H2. The molecule has 0 heterocycles. The van der Waals surface area contributed by atoms with E-state index in [0.29, 0.717) is 11.3 Å². The summed E-state index contributed by atoms with van der Waals surface area (Å²) in [5.74, 6) is 6.23. The van der Waals surface area contributed by atoms with Crippen LogP contribution in [0.5, 0.6) is 5.75 Å². The summed E-state index contributed by atoms with van der Waals surface area (Å²) in [5, 5.41) is 0. The summed E-state index contributed by atoms with van der Waals surface area (Å²) < 4.78 is 19.3. The summed E-state index contributed by atoms with van der Waals surface area (Å²) in [6.07, 6.45) is 7.16. The van der Waals surface area contributed by atoms with E-state index in [9.17, 15) is 4.39 Å². The Labute approximate surface area is 119 Å². The quantitative estimate of drug-likeness (QED) is 0.440. The van der Waals surface area contributed by atoms with Crippen molar-refractivity contribution in [2.24, 2.45) is 0 Å². The van der Waals surface area contributed by atoms with Gasteiger partial charge in [0, 0.05) is 6.07 Å². The van der Waals surface area contributed by atoms with E-state index in [1.807, 2.05) is 0 Å². The Morgan fingerprint density at radius 2 is 1.95 bits per heavy atom. The van der Waals surface area contributed by atoms with E-state index >= 15 is 0 Å². The van der Waals surface area contributed by atoms with Gasteiger partial charge in [0.25, 0.3) is 0 Å². The molecule has 102 valence electrons. The molecule has 1 aromatic rings. The van der Waals surface area contributed by atoms with Gasteiger partial charge in [0.1, 0.15) is 11.6 Å². The van der Waals surface area contributed by atoms with Crippen molar-refractivity contribution >= 4 is 11.6 Å². The van der Waals surface area contributed by atoms with Crippen LogP contribution in [0.1, 0.15) is 44.1 Å². The van der Waals surface area contributed by atoms with Gasteiger partial charge in [0.2, 0.25) is 0 Å². The van der Waals surface area contributed by atoms with Gasteiger partial charge >= 0.3 is 0 Å². The fraction of sp³-hybridized carbons (Fsp3) is 0.500. The lowest BCUT2D eigenvalue weighted by molar-refractivity contribution is 0.182. The maximum atomic E-state index is 13.3. The maximum absolute atomic E-state index is 13.3. The first kappa shape index (κ1) is 14.2. The van der Waals surface area contributed by atoms with Gasteiger partial charge in [-0.2, -0.15) is 0 Å². The normalized spacial score (nSPS) is 16.3. The number of hydrogen-bond acceptors (Lipinski definition) is 1. The van der Waals surface area contributed by atoms with Crippen molar-refractivity contribution in [3.63, 3.8) is 0 Å². The van der Waals surface area contributed by atoms with Crippen LogP contribution in [-0.4, -0.2) is 12.0 Å². The summed E-state index contributed by atoms with van der Waals surface area (Å²) in [7, 11) is 0. The van der Waals surface area contributed by atoms with Crippen molar-refractivity contribution in [2.45, 2.75) is 44.6 Å². The van der Waals surface area contributed by atoms with Gasteiger partial charge in [0.15, 0.2) is 0 Å². The predicted octanol–water partition coefficient (Wildman–Crippen LogP) is 4.52. The fourth-order valence-corrected chi connectivity index (χ4v) is 2.43. The van der Waals surface area contributed by atoms with E-state index in [4.69, 9.17) is 16.3 Å². The Kier molecular flexibility index (Phi) is 5.54. The fourth-order valence-electron chi connectivity index (χ4n) is 2.36. The van der Waals surface area contributed by atoms with Crippen LogP contribution in [0.2, 0.25) is 0 Å². The van der Waals surface area contributed by atoms with Crippen LogP contribution in [0.4, 0.5) is 4.39 Å². The van der Waals surface area contributed by atoms with Crippen molar-refractivity contribution < 1.29 is 9.13 Å². The molecule has 0 amide bonds. The third-order valence-electron chi connectivity index (χ3n) is 3.33. The molecule has 1 aromatic carbocycles. The van der Waals surface area contributed by atoms with E-state index < -0.39 is 0 Å². The third kappa shape index (κ3) is 4.44. The Balaban J connectivity index is 2.14. The lowest BCUT2D eigenvalue weighted by Gasteiger charge is -2.18. The van der Waals surface area contributed by atoms with Crippen LogP contribution in [-0.2, 0) is 0 Å². The first-order chi connectivity index (χ1) is 9.29. The summed E-state index contributed by atoms with van der Waals surface area (Å²) in [6.45, 7) is 0. The third-order valence-corrected chi connectivity index (χ3v) is 3.46. The number of halogens is 2. The van der Waals surface area contributed by atoms with E-state index in [0.717, 1.165) is 12.8 Å². The average Bonchev–Trinajstić information content (AvgIpc) is 2.66. The molecule has 0 aliphatic heterocycles. The lowest BCUT2D eigenvalue weighted by Crippen LogP contribution is -2.15. The average molecular weight is 281 g/mol. The maximum Gasteiger partial charge on any atom is 0.138 e. The highest BCUT2D eigenvalue weighted by Crippen LogP contribution is 2.26. The van der Waals surface area contributed by atoms with Crippen LogP contribution in [0, 0.1) is 17.7 Å². The van der Waals surface area contributed by atoms with Crippen molar-refractivity contribution in [1.82, 2.24) is 0 Å². The molecular weight excluding hydrogens is 263 g/mol. The molecule has 0 bridgehead atoms. The van der Waals surface area contributed by atoms with Gasteiger partial charge in [-0.25, -0.2) is 4.39 Å². The van der Waals surface area contributed by atoms with Gasteiger partial charge in [0.05, 0.1) is 17.5 Å². The Morgan fingerprint density at radius 3 is 2.63 bits per heavy atom. The van der Waals surface area contributed by atoms with E-state index in [1.165, 1.54) is 37.8 Å². The first-order valence-electron chi connectivity index (χ1n) is 6.80. The van der Waals surface area contributed by atoms with E-state index in [1.54, 1.807) is 6.07 Å². The molecule has 0 unspecified atom stereocenters. The molecule has 0 aromatic heterocycles. The zero-order chi connectivity index (χ0) is 13.5. The molecular formula is C16H18ClFO. The van der Waals surface area contributed by atoms with E-state index in [2.05, 4.69) is 11.8 Å². The molecule has 0 N–H and O–H groups in total. The minimum Gasteiger partial charge on any atom is -0.489 e. The van der Waals surface area contributed by atoms with Crippen molar-refractivity contribution in [1.29, 1.82) is 0 Å². The Hall–Kier alpha value is -1.20. The topological polar surface area (TPSA) is 9.23 Å². The van der Waals surface area contributed by atoms with Gasteiger partial charge in [-0.05, 0) is 37.8 Å². The zero-order valence-electron chi connectivity index (χ0n) is 10.9. The smallest absolute Gasteiger partial charge is 0.138 e. The molecule has 0 radical (unpaired) electrons. The molecule has 1 aliphatic rings. The van der Waals surface area contributed by atoms with Gasteiger partial charge in [-0.3, -0.25) is 0 Å².